The van der Waals surface area contributed by atoms with Gasteiger partial charge in [0.05, 0.1) is 30.1 Å². The van der Waals surface area contributed by atoms with E-state index in [2.05, 4.69) is 26.8 Å². The predicted octanol–water partition coefficient (Wildman–Crippen LogP) is 3.25. The van der Waals surface area contributed by atoms with Gasteiger partial charge in [-0.25, -0.2) is 14.9 Å². The molecule has 6 heterocycles. The summed E-state index contributed by atoms with van der Waals surface area (Å²) in [6, 6.07) is 8.16. The van der Waals surface area contributed by atoms with Crippen molar-refractivity contribution in [2.24, 2.45) is 4.99 Å². The van der Waals surface area contributed by atoms with Crippen molar-refractivity contribution >= 4 is 35.0 Å². The molecule has 0 radical (unpaired) electrons. The summed E-state index contributed by atoms with van der Waals surface area (Å²) in [4.78, 5) is 29.7. The summed E-state index contributed by atoms with van der Waals surface area (Å²) in [7, 11) is 1.66. The first-order valence-electron chi connectivity index (χ1n) is 14.0. The number of benzene rings is 1. The second kappa shape index (κ2) is 8.45. The normalized spacial score (nSPS) is 27.9. The number of hydrogen-bond donors (Lipinski definition) is 3. The highest BCUT2D eigenvalue weighted by Gasteiger charge is 2.61. The van der Waals surface area contributed by atoms with Gasteiger partial charge in [-0.1, -0.05) is 0 Å². The molecule has 1 aromatic carbocycles. The Morgan fingerprint density at radius 3 is 2.83 bits per heavy atom. The molecule has 4 aromatic rings. The van der Waals surface area contributed by atoms with Gasteiger partial charge in [-0.3, -0.25) is 9.78 Å². The van der Waals surface area contributed by atoms with E-state index in [0.29, 0.717) is 17.4 Å². The van der Waals surface area contributed by atoms with Gasteiger partial charge in [-0.15, -0.1) is 0 Å². The van der Waals surface area contributed by atoms with E-state index in [-0.39, 0.29) is 6.04 Å². The fourth-order valence-corrected chi connectivity index (χ4v) is 7.39. The lowest BCUT2D eigenvalue weighted by atomic mass is 9.80. The highest BCUT2D eigenvalue weighted by Crippen LogP contribution is 2.57. The summed E-state index contributed by atoms with van der Waals surface area (Å²) >= 11 is 0. The third-order valence-electron chi connectivity index (χ3n) is 9.31. The van der Waals surface area contributed by atoms with Crippen LogP contribution in [-0.4, -0.2) is 56.0 Å². The monoisotopic (exact) mass is 537 g/mol. The van der Waals surface area contributed by atoms with Crippen LogP contribution in [-0.2, 0) is 10.3 Å². The van der Waals surface area contributed by atoms with Crippen LogP contribution in [0.1, 0.15) is 62.1 Å². The van der Waals surface area contributed by atoms with Crippen molar-refractivity contribution in [3.63, 3.8) is 0 Å². The first kappa shape index (κ1) is 23.8. The highest BCUT2D eigenvalue weighted by atomic mass is 16.5. The summed E-state index contributed by atoms with van der Waals surface area (Å²) < 4.78 is 7.22. The van der Waals surface area contributed by atoms with Crippen LogP contribution in [0, 0.1) is 0 Å². The highest BCUT2D eigenvalue weighted by molar-refractivity contribution is 5.88. The molecule has 0 unspecified atom stereocenters. The molecule has 2 saturated heterocycles. The van der Waals surface area contributed by atoms with Gasteiger partial charge in [0.2, 0.25) is 5.79 Å². The van der Waals surface area contributed by atoms with E-state index in [9.17, 15) is 4.79 Å². The lowest BCUT2D eigenvalue weighted by Crippen LogP contribution is -2.67. The number of hydrazine groups is 1. The molecule has 1 saturated carbocycles. The second-order valence-corrected chi connectivity index (χ2v) is 11.5. The zero-order chi connectivity index (χ0) is 27.1. The molecule has 3 fully saturated rings. The van der Waals surface area contributed by atoms with Gasteiger partial charge < -0.3 is 15.9 Å². The Kier molecular flexibility index (Phi) is 5.02. The maximum Gasteiger partial charge on any atom is 0.243 e. The minimum Gasteiger partial charge on any atom is -0.497 e. The van der Waals surface area contributed by atoms with Gasteiger partial charge in [-0.05, 0) is 75.1 Å². The van der Waals surface area contributed by atoms with Crippen LogP contribution in [0.4, 0.5) is 5.82 Å². The fraction of sp³-hybridized carbons (Fsp3) is 0.414. The molecular weight excluding hydrogens is 506 g/mol. The van der Waals surface area contributed by atoms with Crippen molar-refractivity contribution in [1.82, 2.24) is 35.3 Å². The van der Waals surface area contributed by atoms with Crippen molar-refractivity contribution in [3.05, 3.63) is 47.9 Å². The third-order valence-corrected chi connectivity index (χ3v) is 9.31. The van der Waals surface area contributed by atoms with Gasteiger partial charge in [0, 0.05) is 34.3 Å². The summed E-state index contributed by atoms with van der Waals surface area (Å²) in [5.41, 5.74) is 18.0. The molecule has 3 atom stereocenters. The molecule has 3 aliphatic heterocycles. The molecule has 2 bridgehead atoms. The van der Waals surface area contributed by atoms with Gasteiger partial charge >= 0.3 is 0 Å². The number of pyridine rings is 1. The van der Waals surface area contributed by atoms with Crippen molar-refractivity contribution in [2.45, 2.75) is 68.2 Å². The number of anilines is 1. The van der Waals surface area contributed by atoms with Crippen molar-refractivity contribution in [2.75, 3.05) is 12.8 Å². The van der Waals surface area contributed by atoms with Crippen LogP contribution in [0.5, 0.6) is 5.75 Å². The number of hydrogen-bond acceptors (Lipinski definition) is 10. The predicted molar refractivity (Wildman–Crippen MR) is 151 cm³/mol. The molecule has 204 valence electrons. The first-order chi connectivity index (χ1) is 19.6. The van der Waals surface area contributed by atoms with Crippen molar-refractivity contribution in [1.29, 1.82) is 0 Å². The topological polar surface area (TPSA) is 135 Å². The van der Waals surface area contributed by atoms with E-state index in [1.807, 2.05) is 30.6 Å². The zero-order valence-electron chi connectivity index (χ0n) is 22.3. The van der Waals surface area contributed by atoms with Crippen LogP contribution >= 0.6 is 0 Å². The number of nitrogen functional groups attached to an aromatic ring is 1. The molecule has 8 rings (SSSR count). The molecule has 11 nitrogen and oxygen atoms in total. The lowest BCUT2D eigenvalue weighted by Gasteiger charge is -2.50. The van der Waals surface area contributed by atoms with Gasteiger partial charge in [-0.2, -0.15) is 15.0 Å². The molecule has 11 heteroatoms. The molecular formula is C29H31N9O2. The molecule has 0 spiro atoms. The minimum absolute atomic E-state index is 0.221. The average Bonchev–Trinajstić information content (AvgIpc) is 3.44. The average molecular weight is 538 g/mol. The quantitative estimate of drug-likeness (QED) is 0.317. The molecule has 4 N–H and O–H groups in total. The smallest absolute Gasteiger partial charge is 0.243 e. The van der Waals surface area contributed by atoms with Crippen molar-refractivity contribution in [3.8, 4) is 16.9 Å². The second-order valence-electron chi connectivity index (χ2n) is 11.5. The number of carbonyl (C=O) groups is 1. The van der Waals surface area contributed by atoms with Gasteiger partial charge in [0.25, 0.3) is 0 Å². The van der Waals surface area contributed by atoms with Crippen molar-refractivity contribution < 1.29 is 9.53 Å². The van der Waals surface area contributed by atoms with E-state index in [1.165, 1.54) is 0 Å². The summed E-state index contributed by atoms with van der Waals surface area (Å²) in [6.45, 7) is 0. The van der Waals surface area contributed by atoms with E-state index in [4.69, 9.17) is 25.5 Å². The third kappa shape index (κ3) is 3.21. The summed E-state index contributed by atoms with van der Waals surface area (Å²) in [5.74, 6) is 0.583. The van der Waals surface area contributed by atoms with Crippen LogP contribution in [0.3, 0.4) is 0 Å². The molecule has 1 aliphatic carbocycles. The number of rotatable bonds is 6. The number of aldehydes is 1. The lowest BCUT2D eigenvalue weighted by molar-refractivity contribution is -0.131. The van der Waals surface area contributed by atoms with Gasteiger partial charge in [0.1, 0.15) is 17.9 Å². The number of piperidine rings is 1. The van der Waals surface area contributed by atoms with Crippen LogP contribution in [0.15, 0.2) is 41.7 Å². The Morgan fingerprint density at radius 1 is 1.15 bits per heavy atom. The Bertz CT molecular complexity index is 1710. The SMILES string of the molecule is COc1ccc2ncc(-c3cnn4c(N)c(C5CC5)c([C@@]56CCC[C@@H](CC5)N6[C@]5(C=O)N=CNN5)nc34)cc2c1. The standard InChI is InChI=1S/C29H31N9O2/c1-40-21-6-7-23-18(12-21)11-19(13-31-23)22-14-34-37-26(30)24(17-4-5-17)25(35-27(22)37)28-9-2-3-20(8-10-28)38(28)29(15-39)32-16-33-36-29/h6-7,11-17,20,36H,2-5,8-10,30H2,1H3,(H,32,33)/t20-,28+,29+/m0/s1. The number of methoxy groups -OCH3 is 1. The zero-order valence-corrected chi connectivity index (χ0v) is 22.3. The van der Waals surface area contributed by atoms with Crippen LogP contribution in [0.25, 0.3) is 27.7 Å². The molecule has 0 amide bonds. The number of nitrogens with one attached hydrogen (secondary N) is 2. The number of fused-ring (bicyclic) bond motifs is 4. The Labute approximate surface area is 230 Å². The number of aromatic nitrogens is 4. The minimum atomic E-state index is -1.17. The molecule has 40 heavy (non-hydrogen) atoms. The van der Waals surface area contributed by atoms with Crippen LogP contribution < -0.4 is 21.3 Å². The van der Waals surface area contributed by atoms with Crippen LogP contribution in [0.2, 0.25) is 0 Å². The number of aliphatic imine (C=N–C) groups is 1. The Hall–Kier alpha value is -4.09. The largest absolute Gasteiger partial charge is 0.497 e. The maximum atomic E-state index is 12.6. The maximum absolute atomic E-state index is 12.6. The Morgan fingerprint density at radius 2 is 2.05 bits per heavy atom. The van der Waals surface area contributed by atoms with E-state index in [0.717, 1.165) is 90.3 Å². The van der Waals surface area contributed by atoms with Gasteiger partial charge in [0.15, 0.2) is 11.9 Å². The van der Waals surface area contributed by atoms with E-state index >= 15 is 0 Å². The number of nitrogens with two attached hydrogens (primary N) is 1. The number of ether oxygens (including phenoxy) is 1. The molecule has 3 aromatic heterocycles. The number of carbonyl (C=O) groups excluding carboxylic acids is 1. The molecule has 4 aliphatic rings. The summed E-state index contributed by atoms with van der Waals surface area (Å²) in [5, 5.41) is 5.68. The number of nitrogens with zero attached hydrogens (tertiary/aromatic N) is 6. The van der Waals surface area contributed by atoms with E-state index < -0.39 is 11.3 Å². The Balaban J connectivity index is 1.35. The van der Waals surface area contributed by atoms with E-state index in [1.54, 1.807) is 18.0 Å². The fourth-order valence-electron chi connectivity index (χ4n) is 7.39. The first-order valence-corrected chi connectivity index (χ1v) is 14.0. The summed E-state index contributed by atoms with van der Waals surface area (Å²) in [6.07, 6.45) is 13.2.